The van der Waals surface area contributed by atoms with E-state index in [1.54, 1.807) is 0 Å². The van der Waals surface area contributed by atoms with Crippen LogP contribution in [0.25, 0.3) is 0 Å². The van der Waals surface area contributed by atoms with Crippen molar-refractivity contribution in [1.29, 1.82) is 0 Å². The number of nitrogens with zero attached hydrogens (tertiary/aromatic N) is 3. The van der Waals surface area contributed by atoms with Gasteiger partial charge < -0.3 is 15.0 Å². The summed E-state index contributed by atoms with van der Waals surface area (Å²) in [6, 6.07) is 1.96. The maximum absolute atomic E-state index is 5.35. The van der Waals surface area contributed by atoms with E-state index in [0.717, 1.165) is 30.5 Å². The Balaban J connectivity index is 2.95. The van der Waals surface area contributed by atoms with Crippen LogP contribution in [0.3, 0.4) is 0 Å². The molecule has 0 saturated heterocycles. The molecule has 0 fully saturated rings. The Hall–Kier alpha value is -1.36. The molecule has 1 N–H and O–H groups in total. The summed E-state index contributed by atoms with van der Waals surface area (Å²) in [4.78, 5) is 11.1. The Bertz CT molecular complexity index is 339. The Kier molecular flexibility index (Phi) is 5.69. The first-order valence-corrected chi connectivity index (χ1v) is 6.13. The highest BCUT2D eigenvalue weighted by atomic mass is 16.5. The Morgan fingerprint density at radius 1 is 1.24 bits per heavy atom. The normalized spacial score (nSPS) is 10.4. The molecule has 0 aliphatic heterocycles. The average Bonchev–Trinajstić information content (AvgIpc) is 2.37. The first-order chi connectivity index (χ1) is 8.24. The van der Waals surface area contributed by atoms with Gasteiger partial charge in [-0.15, -0.1) is 0 Å². The SMILES string of the molecule is CCOCc1nc(NC)cc(N(CC)CC)n1. The molecule has 0 unspecified atom stereocenters. The molecule has 0 aliphatic carbocycles. The molecule has 0 atom stereocenters. The zero-order valence-corrected chi connectivity index (χ0v) is 11.2. The van der Waals surface area contributed by atoms with Crippen LogP contribution in [0, 0.1) is 0 Å². The van der Waals surface area contributed by atoms with Crippen LogP contribution < -0.4 is 10.2 Å². The van der Waals surface area contributed by atoms with Gasteiger partial charge >= 0.3 is 0 Å². The summed E-state index contributed by atoms with van der Waals surface area (Å²) in [7, 11) is 1.86. The predicted molar refractivity (Wildman–Crippen MR) is 70.5 cm³/mol. The maximum Gasteiger partial charge on any atom is 0.158 e. The summed E-state index contributed by atoms with van der Waals surface area (Å²) in [5.41, 5.74) is 0. The molecular formula is C12H22N4O. The van der Waals surface area contributed by atoms with Gasteiger partial charge in [0, 0.05) is 32.8 Å². The predicted octanol–water partition coefficient (Wildman–Crippen LogP) is 1.90. The quantitative estimate of drug-likeness (QED) is 0.786. The molecule has 1 aromatic rings. The van der Waals surface area contributed by atoms with Gasteiger partial charge in [0.15, 0.2) is 5.82 Å². The lowest BCUT2D eigenvalue weighted by atomic mass is 10.4. The van der Waals surface area contributed by atoms with Crippen LogP contribution >= 0.6 is 0 Å². The zero-order chi connectivity index (χ0) is 12.7. The molecule has 0 spiro atoms. The summed E-state index contributed by atoms with van der Waals surface area (Å²) in [5.74, 6) is 2.50. The largest absolute Gasteiger partial charge is 0.374 e. The van der Waals surface area contributed by atoms with E-state index in [1.165, 1.54) is 0 Å². The number of rotatable bonds is 7. The van der Waals surface area contributed by atoms with Gasteiger partial charge in [-0.1, -0.05) is 0 Å². The minimum absolute atomic E-state index is 0.459. The summed E-state index contributed by atoms with van der Waals surface area (Å²) in [6.45, 7) is 9.20. The average molecular weight is 238 g/mol. The highest BCUT2D eigenvalue weighted by molar-refractivity contribution is 5.48. The molecule has 17 heavy (non-hydrogen) atoms. The fourth-order valence-corrected chi connectivity index (χ4v) is 1.58. The Morgan fingerprint density at radius 3 is 2.47 bits per heavy atom. The number of anilines is 2. The second kappa shape index (κ2) is 7.06. The molecule has 0 aliphatic rings. The van der Waals surface area contributed by atoms with Crippen LogP contribution in [0.15, 0.2) is 6.07 Å². The van der Waals surface area contributed by atoms with Crippen LogP contribution in [0.4, 0.5) is 11.6 Å². The first kappa shape index (κ1) is 13.7. The van der Waals surface area contributed by atoms with Crippen molar-refractivity contribution < 1.29 is 4.74 Å². The van der Waals surface area contributed by atoms with E-state index in [1.807, 2.05) is 20.0 Å². The molecule has 5 heteroatoms. The van der Waals surface area contributed by atoms with Crippen molar-refractivity contribution in [3.63, 3.8) is 0 Å². The minimum atomic E-state index is 0.459. The highest BCUT2D eigenvalue weighted by Crippen LogP contribution is 2.15. The van der Waals surface area contributed by atoms with Crippen LogP contribution in [0.5, 0.6) is 0 Å². The van der Waals surface area contributed by atoms with Gasteiger partial charge in [-0.25, -0.2) is 9.97 Å². The van der Waals surface area contributed by atoms with Gasteiger partial charge in [-0.2, -0.15) is 0 Å². The number of hydrogen-bond donors (Lipinski definition) is 1. The molecule has 0 radical (unpaired) electrons. The van der Waals surface area contributed by atoms with E-state index in [-0.39, 0.29) is 0 Å². The van der Waals surface area contributed by atoms with Gasteiger partial charge in [-0.05, 0) is 20.8 Å². The van der Waals surface area contributed by atoms with Gasteiger partial charge in [0.05, 0.1) is 0 Å². The van der Waals surface area contributed by atoms with Crippen LogP contribution in [-0.2, 0) is 11.3 Å². The number of hydrogen-bond acceptors (Lipinski definition) is 5. The van der Waals surface area contributed by atoms with Crippen molar-refractivity contribution in [2.75, 3.05) is 37.0 Å². The third-order valence-corrected chi connectivity index (χ3v) is 2.54. The molecule has 0 bridgehead atoms. The molecule has 0 saturated carbocycles. The van der Waals surface area contributed by atoms with Gasteiger partial charge in [0.1, 0.15) is 18.2 Å². The lowest BCUT2D eigenvalue weighted by Crippen LogP contribution is -2.24. The lowest BCUT2D eigenvalue weighted by molar-refractivity contribution is 0.128. The smallest absolute Gasteiger partial charge is 0.158 e. The number of aromatic nitrogens is 2. The number of ether oxygens (including phenoxy) is 1. The minimum Gasteiger partial charge on any atom is -0.374 e. The first-order valence-electron chi connectivity index (χ1n) is 6.13. The van der Waals surface area contributed by atoms with E-state index in [4.69, 9.17) is 4.74 Å². The van der Waals surface area contributed by atoms with Crippen LogP contribution in [0.2, 0.25) is 0 Å². The van der Waals surface area contributed by atoms with Crippen molar-refractivity contribution in [2.45, 2.75) is 27.4 Å². The van der Waals surface area contributed by atoms with Gasteiger partial charge in [0.2, 0.25) is 0 Å². The molecule has 1 aromatic heterocycles. The monoisotopic (exact) mass is 238 g/mol. The third kappa shape index (κ3) is 3.85. The van der Waals surface area contributed by atoms with Gasteiger partial charge in [0.25, 0.3) is 0 Å². The zero-order valence-electron chi connectivity index (χ0n) is 11.2. The van der Waals surface area contributed by atoms with E-state index in [9.17, 15) is 0 Å². The second-order valence-electron chi connectivity index (χ2n) is 3.59. The van der Waals surface area contributed by atoms with Crippen molar-refractivity contribution >= 4 is 11.6 Å². The van der Waals surface area contributed by atoms with E-state index < -0.39 is 0 Å². The van der Waals surface area contributed by atoms with Crippen molar-refractivity contribution in [3.8, 4) is 0 Å². The topological polar surface area (TPSA) is 50.3 Å². The molecule has 1 rings (SSSR count). The molecular weight excluding hydrogens is 216 g/mol. The summed E-state index contributed by atoms with van der Waals surface area (Å²) < 4.78 is 5.35. The third-order valence-electron chi connectivity index (χ3n) is 2.54. The molecule has 5 nitrogen and oxygen atoms in total. The fraction of sp³-hybridized carbons (Fsp3) is 0.667. The Labute approximate surface area is 103 Å². The summed E-state index contributed by atoms with van der Waals surface area (Å²) in [5, 5.41) is 3.05. The van der Waals surface area contributed by atoms with Crippen LogP contribution in [0.1, 0.15) is 26.6 Å². The van der Waals surface area contributed by atoms with Crippen LogP contribution in [-0.4, -0.2) is 36.7 Å². The van der Waals surface area contributed by atoms with E-state index in [2.05, 4.69) is 34.0 Å². The van der Waals surface area contributed by atoms with Gasteiger partial charge in [-0.3, -0.25) is 0 Å². The molecule has 0 aromatic carbocycles. The second-order valence-corrected chi connectivity index (χ2v) is 3.59. The summed E-state index contributed by atoms with van der Waals surface area (Å²) >= 11 is 0. The van der Waals surface area contributed by atoms with Crippen molar-refractivity contribution in [3.05, 3.63) is 11.9 Å². The fourth-order valence-electron chi connectivity index (χ4n) is 1.58. The maximum atomic E-state index is 5.35. The standard InChI is InChI=1S/C12H22N4O/c1-5-16(6-2)12-8-10(13-4)14-11(15-12)9-17-7-3/h8H,5-7,9H2,1-4H3,(H,13,14,15). The Morgan fingerprint density at radius 2 is 1.94 bits per heavy atom. The summed E-state index contributed by atoms with van der Waals surface area (Å²) in [6.07, 6.45) is 0. The van der Waals surface area contributed by atoms with E-state index in [0.29, 0.717) is 13.2 Å². The van der Waals surface area contributed by atoms with E-state index >= 15 is 0 Å². The lowest BCUT2D eigenvalue weighted by Gasteiger charge is -2.20. The molecule has 1 heterocycles. The number of nitrogens with one attached hydrogen (secondary N) is 1. The molecule has 96 valence electrons. The van der Waals surface area contributed by atoms with Crippen molar-refractivity contribution in [2.24, 2.45) is 0 Å². The van der Waals surface area contributed by atoms with Crippen molar-refractivity contribution in [1.82, 2.24) is 9.97 Å². The highest BCUT2D eigenvalue weighted by Gasteiger charge is 2.08. The molecule has 0 amide bonds.